The van der Waals surface area contributed by atoms with Crippen molar-refractivity contribution in [2.75, 3.05) is 6.61 Å². The van der Waals surface area contributed by atoms with Crippen molar-refractivity contribution in [2.45, 2.75) is 43.5 Å². The molecule has 7 heteroatoms. The van der Waals surface area contributed by atoms with Crippen LogP contribution in [-0.2, 0) is 11.3 Å². The van der Waals surface area contributed by atoms with Crippen LogP contribution in [0.25, 0.3) is 16.6 Å². The topological polar surface area (TPSA) is 49.0 Å². The first kappa shape index (κ1) is 21.5. The summed E-state index contributed by atoms with van der Waals surface area (Å²) in [5, 5.41) is 6.30. The van der Waals surface area contributed by atoms with Crippen molar-refractivity contribution in [1.29, 1.82) is 0 Å². The zero-order valence-corrected chi connectivity index (χ0v) is 19.3. The molecule has 0 aliphatic heterocycles. The fourth-order valence-corrected chi connectivity index (χ4v) is 4.91. The predicted octanol–water partition coefficient (Wildman–Crippen LogP) is 6.53. The number of hydrogen-bond donors (Lipinski definition) is 0. The smallest absolute Gasteiger partial charge is 0.338 e. The highest BCUT2D eigenvalue weighted by molar-refractivity contribution is 7.99. The molecule has 0 aliphatic carbocycles. The molecule has 0 radical (unpaired) electrons. The monoisotopic (exact) mass is 453 g/mol. The Morgan fingerprint density at radius 2 is 2.03 bits per heavy atom. The van der Waals surface area contributed by atoms with Crippen LogP contribution >= 0.6 is 23.4 Å². The van der Waals surface area contributed by atoms with Crippen LogP contribution in [0.4, 0.5) is 0 Å². The van der Waals surface area contributed by atoms with Crippen LogP contribution in [0.5, 0.6) is 0 Å². The molecule has 0 bridgehead atoms. The molecule has 4 rings (SSSR count). The molecule has 0 aliphatic rings. The van der Waals surface area contributed by atoms with Crippen LogP contribution in [0.1, 0.15) is 36.3 Å². The number of ether oxygens (including phenoxy) is 1. The molecule has 0 fully saturated rings. The van der Waals surface area contributed by atoms with Crippen molar-refractivity contribution in [2.24, 2.45) is 0 Å². The summed E-state index contributed by atoms with van der Waals surface area (Å²) in [6.45, 7) is 7.28. The van der Waals surface area contributed by atoms with Crippen molar-refractivity contribution in [3.05, 3.63) is 71.1 Å². The van der Waals surface area contributed by atoms with E-state index in [2.05, 4.69) is 35.8 Å². The zero-order valence-electron chi connectivity index (χ0n) is 17.8. The fourth-order valence-electron chi connectivity index (χ4n) is 3.66. The lowest BCUT2D eigenvalue weighted by atomic mass is 10.2. The van der Waals surface area contributed by atoms with Crippen LogP contribution in [0.2, 0.25) is 5.02 Å². The molecule has 5 nitrogen and oxygen atoms in total. The third kappa shape index (κ3) is 4.36. The summed E-state index contributed by atoms with van der Waals surface area (Å²) in [6, 6.07) is 13.5. The number of carbonyl (C=O) groups excluding carboxylic acids is 1. The van der Waals surface area contributed by atoms with Crippen molar-refractivity contribution in [1.82, 2.24) is 14.3 Å². The fraction of sp³-hybridized carbons (Fsp3) is 0.250. The maximum atomic E-state index is 12.2. The molecule has 2 aromatic heterocycles. The summed E-state index contributed by atoms with van der Waals surface area (Å²) < 4.78 is 9.30. The average Bonchev–Trinajstić information content (AvgIpc) is 3.31. The first-order valence-corrected chi connectivity index (χ1v) is 11.5. The number of rotatable bonds is 7. The summed E-state index contributed by atoms with van der Waals surface area (Å²) in [5.74, 6) is -0.306. The number of esters is 1. The Kier molecular flexibility index (Phi) is 6.39. The minimum absolute atomic E-state index is 0.306. The predicted molar refractivity (Wildman–Crippen MR) is 126 cm³/mol. The number of halogens is 1. The second kappa shape index (κ2) is 9.20. The molecule has 0 N–H and O–H groups in total. The number of aromatic nitrogens is 3. The van der Waals surface area contributed by atoms with Gasteiger partial charge in [0.15, 0.2) is 0 Å². The van der Waals surface area contributed by atoms with E-state index in [0.29, 0.717) is 17.2 Å². The second-order valence-electron chi connectivity index (χ2n) is 7.22. The third-order valence-corrected chi connectivity index (χ3v) is 6.45. The largest absolute Gasteiger partial charge is 0.462 e. The summed E-state index contributed by atoms with van der Waals surface area (Å²) in [6.07, 6.45) is 4.97. The molecule has 0 amide bonds. The van der Waals surface area contributed by atoms with Gasteiger partial charge in [0.1, 0.15) is 0 Å². The normalized spacial score (nSPS) is 11.2. The van der Waals surface area contributed by atoms with Gasteiger partial charge in [0.2, 0.25) is 0 Å². The minimum atomic E-state index is -0.306. The average molecular weight is 454 g/mol. The van der Waals surface area contributed by atoms with E-state index < -0.39 is 0 Å². The highest BCUT2D eigenvalue weighted by atomic mass is 35.5. The zero-order chi connectivity index (χ0) is 22.0. The minimum Gasteiger partial charge on any atom is -0.462 e. The van der Waals surface area contributed by atoms with Gasteiger partial charge in [-0.3, -0.25) is 4.68 Å². The molecular weight excluding hydrogens is 430 g/mol. The van der Waals surface area contributed by atoms with Crippen LogP contribution in [0.15, 0.2) is 64.6 Å². The van der Waals surface area contributed by atoms with Gasteiger partial charge in [-0.15, -0.1) is 0 Å². The lowest BCUT2D eigenvalue weighted by molar-refractivity contribution is 0.0526. The number of aryl methyl sites for hydroxylation is 1. The lowest BCUT2D eigenvalue weighted by Crippen LogP contribution is -2.04. The van der Waals surface area contributed by atoms with Crippen molar-refractivity contribution >= 4 is 40.2 Å². The van der Waals surface area contributed by atoms with Crippen LogP contribution in [0, 0.1) is 6.92 Å². The summed E-state index contributed by atoms with van der Waals surface area (Å²) >= 11 is 7.98. The highest BCUT2D eigenvalue weighted by Gasteiger charge is 2.18. The molecule has 0 unspecified atom stereocenters. The van der Waals surface area contributed by atoms with E-state index in [4.69, 9.17) is 16.3 Å². The summed E-state index contributed by atoms with van der Waals surface area (Å²) in [4.78, 5) is 14.2. The molecule has 31 heavy (non-hydrogen) atoms. The molecular formula is C24H24ClN3O2S. The van der Waals surface area contributed by atoms with Crippen molar-refractivity contribution in [3.63, 3.8) is 0 Å². The van der Waals surface area contributed by atoms with Gasteiger partial charge in [0, 0.05) is 38.6 Å². The van der Waals surface area contributed by atoms with Crippen LogP contribution in [0.3, 0.4) is 0 Å². The SMILES string of the molecule is CCCn1cc(-n2c(C)c(Sc3cccc(C(=O)OCC)c3)c3ccc(Cl)cc32)cn1. The van der Waals surface area contributed by atoms with E-state index in [0.717, 1.165) is 45.0 Å². The van der Waals surface area contributed by atoms with Gasteiger partial charge in [-0.05, 0) is 50.6 Å². The van der Waals surface area contributed by atoms with E-state index in [1.165, 1.54) is 0 Å². The van der Waals surface area contributed by atoms with Gasteiger partial charge in [0.05, 0.1) is 29.6 Å². The summed E-state index contributed by atoms with van der Waals surface area (Å²) in [5.41, 5.74) is 3.69. The first-order valence-electron chi connectivity index (χ1n) is 10.3. The Morgan fingerprint density at radius 1 is 1.19 bits per heavy atom. The molecule has 0 spiro atoms. The van der Waals surface area contributed by atoms with Gasteiger partial charge in [-0.2, -0.15) is 5.10 Å². The quantitative estimate of drug-likeness (QED) is 0.298. The standard InChI is InChI=1S/C24H24ClN3O2S/c1-4-11-27-15-19(14-26-27)28-16(3)23(21-10-9-18(25)13-22(21)28)31-20-8-6-7-17(12-20)24(29)30-5-2/h6-10,12-15H,4-5,11H2,1-3H3. The lowest BCUT2D eigenvalue weighted by Gasteiger charge is -2.07. The molecule has 4 aromatic rings. The Bertz CT molecular complexity index is 1250. The van der Waals surface area contributed by atoms with E-state index in [1.54, 1.807) is 17.8 Å². The van der Waals surface area contributed by atoms with E-state index in [-0.39, 0.29) is 5.97 Å². The van der Waals surface area contributed by atoms with Gasteiger partial charge < -0.3 is 9.30 Å². The van der Waals surface area contributed by atoms with Gasteiger partial charge in [-0.1, -0.05) is 42.4 Å². The van der Waals surface area contributed by atoms with Gasteiger partial charge in [-0.25, -0.2) is 4.79 Å². The van der Waals surface area contributed by atoms with E-state index >= 15 is 0 Å². The Hall–Kier alpha value is -2.70. The van der Waals surface area contributed by atoms with E-state index in [9.17, 15) is 4.79 Å². The molecule has 2 heterocycles. The summed E-state index contributed by atoms with van der Waals surface area (Å²) in [7, 11) is 0. The number of hydrogen-bond acceptors (Lipinski definition) is 4. The Morgan fingerprint density at radius 3 is 2.81 bits per heavy atom. The number of nitrogens with zero attached hydrogens (tertiary/aromatic N) is 3. The Balaban J connectivity index is 1.79. The molecule has 2 aromatic carbocycles. The Labute approximate surface area is 191 Å². The van der Waals surface area contributed by atoms with Crippen LogP contribution in [-0.4, -0.2) is 26.9 Å². The van der Waals surface area contributed by atoms with Gasteiger partial charge >= 0.3 is 5.97 Å². The van der Waals surface area contributed by atoms with Gasteiger partial charge in [0.25, 0.3) is 0 Å². The number of benzene rings is 2. The van der Waals surface area contributed by atoms with Crippen molar-refractivity contribution in [3.8, 4) is 5.69 Å². The maximum Gasteiger partial charge on any atom is 0.338 e. The first-order chi connectivity index (χ1) is 15.0. The van der Waals surface area contributed by atoms with E-state index in [1.807, 2.05) is 48.1 Å². The highest BCUT2D eigenvalue weighted by Crippen LogP contribution is 2.40. The molecule has 160 valence electrons. The molecule has 0 saturated carbocycles. The maximum absolute atomic E-state index is 12.2. The van der Waals surface area contributed by atoms with Crippen molar-refractivity contribution < 1.29 is 9.53 Å². The second-order valence-corrected chi connectivity index (χ2v) is 8.74. The number of carbonyl (C=O) groups is 1. The third-order valence-electron chi connectivity index (χ3n) is 5.00. The molecule has 0 saturated heterocycles. The van der Waals surface area contributed by atoms with Crippen LogP contribution < -0.4 is 0 Å². The molecule has 0 atom stereocenters. The number of fused-ring (bicyclic) bond motifs is 1.